The maximum absolute atomic E-state index is 13.1. The summed E-state index contributed by atoms with van der Waals surface area (Å²) in [5.74, 6) is 1.36. The van der Waals surface area contributed by atoms with Crippen molar-refractivity contribution in [2.24, 2.45) is 0 Å². The monoisotopic (exact) mass is 603 g/mol. The average Bonchev–Trinajstić information content (AvgIpc) is 3.29. The molecule has 2 aliphatic heterocycles. The summed E-state index contributed by atoms with van der Waals surface area (Å²) in [4.78, 5) is 9.53. The fourth-order valence-electron chi connectivity index (χ4n) is 5.81. The van der Waals surface area contributed by atoms with Gasteiger partial charge in [-0.1, -0.05) is 29.8 Å². The first-order valence-corrected chi connectivity index (χ1v) is 17.2. The van der Waals surface area contributed by atoms with E-state index in [2.05, 4.69) is 11.9 Å². The summed E-state index contributed by atoms with van der Waals surface area (Å²) in [6, 6.07) is 8.79. The predicted octanol–water partition coefficient (Wildman–Crippen LogP) is 5.42. The van der Waals surface area contributed by atoms with Crippen molar-refractivity contribution in [1.82, 2.24) is 14.3 Å². The molecule has 1 unspecified atom stereocenters. The molecule has 0 bridgehead atoms. The van der Waals surface area contributed by atoms with Gasteiger partial charge in [0.1, 0.15) is 11.9 Å². The lowest BCUT2D eigenvalue weighted by Gasteiger charge is -2.32. The predicted molar refractivity (Wildman–Crippen MR) is 157 cm³/mol. The highest BCUT2D eigenvalue weighted by molar-refractivity contribution is 7.92. The second-order valence-corrected chi connectivity index (χ2v) is 15.9. The molecule has 0 radical (unpaired) electrons. The summed E-state index contributed by atoms with van der Waals surface area (Å²) in [7, 11) is -6.80. The van der Waals surface area contributed by atoms with Gasteiger partial charge in [-0.25, -0.2) is 31.1 Å². The number of nitrogens with zero attached hydrogens (tertiary/aromatic N) is 3. The maximum atomic E-state index is 13.1. The van der Waals surface area contributed by atoms with Gasteiger partial charge in [-0.2, -0.15) is 0 Å². The number of fused-ring (bicyclic) bond motifs is 1. The number of halogens is 1. The van der Waals surface area contributed by atoms with Crippen molar-refractivity contribution in [1.29, 1.82) is 0 Å². The van der Waals surface area contributed by atoms with Gasteiger partial charge in [-0.3, -0.25) is 0 Å². The number of aromatic nitrogens is 2. The summed E-state index contributed by atoms with van der Waals surface area (Å²) in [6.07, 6.45) is 4.97. The largest absolute Gasteiger partial charge is 0.489 e. The number of hydrogen-bond acceptors (Lipinski definition) is 7. The molecule has 0 spiro atoms. The van der Waals surface area contributed by atoms with Crippen LogP contribution in [-0.2, 0) is 26.3 Å². The first-order valence-electron chi connectivity index (χ1n) is 13.4. The van der Waals surface area contributed by atoms with Gasteiger partial charge in [0, 0.05) is 30.6 Å². The van der Waals surface area contributed by atoms with Gasteiger partial charge in [0.05, 0.1) is 38.9 Å². The molecule has 0 aliphatic carbocycles. The molecule has 2 aromatic carbocycles. The maximum Gasteiger partial charge on any atom is 0.211 e. The summed E-state index contributed by atoms with van der Waals surface area (Å²) in [5, 5.41) is -0.349. The van der Waals surface area contributed by atoms with Crippen LogP contribution in [0, 0.1) is 6.92 Å². The molecule has 1 atom stereocenters. The van der Waals surface area contributed by atoms with Gasteiger partial charge in [-0.15, -0.1) is 0 Å². The second-order valence-electron chi connectivity index (χ2n) is 11.0. The third-order valence-electron chi connectivity index (χ3n) is 7.83. The molecule has 11 heteroatoms. The standard InChI is InChI=1S/C29H34ClN3O5S2/c1-17(2)40(36,37)25-9-7-6-8-21(25)27-24(30)16-31-29(32-27)23-14-18(3)26(22-15-19(4)38-28(22)23)20-10-12-33(13-11-20)39(5,34)35/h6-9,14,16-17,19-20H,10-13,15H2,1-5H3. The molecular weight excluding hydrogens is 570 g/mol. The van der Waals surface area contributed by atoms with Crippen molar-refractivity contribution < 1.29 is 21.6 Å². The SMILES string of the molecule is Cc1cc(-c2ncc(Cl)c(-c3ccccc3S(=O)(=O)C(C)C)n2)c2c(c1C1CCN(S(C)(=O)=O)CC1)CC(C)O2. The number of benzene rings is 2. The number of hydrogen-bond donors (Lipinski definition) is 0. The third kappa shape index (κ3) is 5.26. The minimum atomic E-state index is -3.59. The van der Waals surface area contributed by atoms with Gasteiger partial charge >= 0.3 is 0 Å². The van der Waals surface area contributed by atoms with E-state index in [4.69, 9.17) is 21.3 Å². The van der Waals surface area contributed by atoms with E-state index in [-0.39, 0.29) is 21.9 Å². The van der Waals surface area contributed by atoms with Crippen LogP contribution < -0.4 is 4.74 Å². The fourth-order valence-corrected chi connectivity index (χ4v) is 8.13. The van der Waals surface area contributed by atoms with E-state index >= 15 is 0 Å². The van der Waals surface area contributed by atoms with E-state index in [1.165, 1.54) is 18.0 Å². The number of piperidine rings is 1. The van der Waals surface area contributed by atoms with E-state index in [1.807, 2.05) is 13.0 Å². The van der Waals surface area contributed by atoms with Gasteiger partial charge in [0.15, 0.2) is 15.7 Å². The summed E-state index contributed by atoms with van der Waals surface area (Å²) < 4.78 is 58.2. The fraction of sp³-hybridized carbons (Fsp3) is 0.448. The first-order chi connectivity index (χ1) is 18.8. The zero-order valence-electron chi connectivity index (χ0n) is 23.3. The summed E-state index contributed by atoms with van der Waals surface area (Å²) >= 11 is 6.56. The molecule has 1 saturated heterocycles. The van der Waals surface area contributed by atoms with E-state index in [9.17, 15) is 16.8 Å². The van der Waals surface area contributed by atoms with Crippen LogP contribution in [0.15, 0.2) is 41.4 Å². The van der Waals surface area contributed by atoms with Gasteiger partial charge in [0.2, 0.25) is 10.0 Å². The van der Waals surface area contributed by atoms with E-state index < -0.39 is 25.1 Å². The molecule has 0 N–H and O–H groups in total. The van der Waals surface area contributed by atoms with Crippen LogP contribution in [0.2, 0.25) is 5.02 Å². The van der Waals surface area contributed by atoms with Gasteiger partial charge in [-0.05, 0) is 69.7 Å². The highest BCUT2D eigenvalue weighted by Crippen LogP contribution is 2.46. The van der Waals surface area contributed by atoms with E-state index in [1.54, 1.807) is 42.4 Å². The summed E-state index contributed by atoms with van der Waals surface area (Å²) in [6.45, 7) is 8.38. The van der Waals surface area contributed by atoms with E-state index in [0.29, 0.717) is 30.2 Å². The van der Waals surface area contributed by atoms with Crippen LogP contribution in [0.5, 0.6) is 5.75 Å². The lowest BCUT2D eigenvalue weighted by molar-refractivity contribution is 0.255. The Balaban J connectivity index is 1.60. The molecule has 1 fully saturated rings. The van der Waals surface area contributed by atoms with Crippen molar-refractivity contribution in [3.8, 4) is 28.4 Å². The Morgan fingerprint density at radius 3 is 2.40 bits per heavy atom. The van der Waals surface area contributed by atoms with Crippen molar-refractivity contribution in [2.75, 3.05) is 19.3 Å². The van der Waals surface area contributed by atoms with Crippen LogP contribution in [-0.4, -0.2) is 61.8 Å². The lowest BCUT2D eigenvalue weighted by Crippen LogP contribution is -2.37. The number of aryl methyl sites for hydroxylation is 1. The third-order valence-corrected chi connectivity index (χ3v) is 11.6. The normalized spacial score (nSPS) is 18.6. The number of sulfonamides is 1. The topological polar surface area (TPSA) is 107 Å². The molecule has 0 saturated carbocycles. The molecule has 40 heavy (non-hydrogen) atoms. The van der Waals surface area contributed by atoms with Gasteiger partial charge < -0.3 is 4.74 Å². The molecule has 2 aliphatic rings. The van der Waals surface area contributed by atoms with Crippen LogP contribution in [0.4, 0.5) is 0 Å². The van der Waals surface area contributed by atoms with E-state index in [0.717, 1.165) is 41.7 Å². The van der Waals surface area contributed by atoms with Gasteiger partial charge in [0.25, 0.3) is 0 Å². The number of rotatable bonds is 6. The zero-order chi connectivity index (χ0) is 29.0. The molecule has 1 aromatic heterocycles. The quantitative estimate of drug-likeness (QED) is 0.370. The van der Waals surface area contributed by atoms with Crippen LogP contribution in [0.1, 0.15) is 56.2 Å². The molecule has 3 aromatic rings. The first kappa shape index (κ1) is 29.0. The molecule has 5 rings (SSSR count). The minimum absolute atomic E-state index is 0.0333. The Labute approximate surface area is 241 Å². The Bertz CT molecular complexity index is 1680. The highest BCUT2D eigenvalue weighted by Gasteiger charge is 2.34. The van der Waals surface area contributed by atoms with Crippen molar-refractivity contribution in [3.63, 3.8) is 0 Å². The van der Waals surface area contributed by atoms with Crippen molar-refractivity contribution >= 4 is 31.5 Å². The molecule has 3 heterocycles. The minimum Gasteiger partial charge on any atom is -0.489 e. The molecule has 8 nitrogen and oxygen atoms in total. The van der Waals surface area contributed by atoms with Crippen molar-refractivity contribution in [2.45, 2.75) is 69.1 Å². The van der Waals surface area contributed by atoms with Crippen LogP contribution in [0.25, 0.3) is 22.6 Å². The lowest BCUT2D eigenvalue weighted by atomic mass is 9.82. The number of ether oxygens (including phenoxy) is 1. The Kier molecular flexibility index (Phi) is 7.76. The average molecular weight is 604 g/mol. The highest BCUT2D eigenvalue weighted by atomic mass is 35.5. The second kappa shape index (κ2) is 10.7. The smallest absolute Gasteiger partial charge is 0.211 e. The summed E-state index contributed by atoms with van der Waals surface area (Å²) in [5.41, 5.74) is 4.92. The molecule has 214 valence electrons. The zero-order valence-corrected chi connectivity index (χ0v) is 25.7. The molecular formula is C29H34ClN3O5S2. The van der Waals surface area contributed by atoms with Crippen LogP contribution in [0.3, 0.4) is 0 Å². The van der Waals surface area contributed by atoms with Crippen molar-refractivity contribution in [3.05, 3.63) is 58.2 Å². The Morgan fingerprint density at radius 1 is 1.07 bits per heavy atom. The Morgan fingerprint density at radius 2 is 1.75 bits per heavy atom. The van der Waals surface area contributed by atoms with Crippen LogP contribution >= 0.6 is 11.6 Å². The number of sulfone groups is 1. The Hall–Kier alpha value is -2.53. The molecule has 0 amide bonds.